The summed E-state index contributed by atoms with van der Waals surface area (Å²) in [7, 11) is 0. The van der Waals surface area contributed by atoms with E-state index >= 15 is 0 Å². The molecule has 2 aromatic heterocycles. The van der Waals surface area contributed by atoms with Gasteiger partial charge in [-0.1, -0.05) is 0 Å². The maximum absolute atomic E-state index is 5.88. The molecule has 0 aliphatic carbocycles. The van der Waals surface area contributed by atoms with E-state index in [4.69, 9.17) is 5.73 Å². The summed E-state index contributed by atoms with van der Waals surface area (Å²) < 4.78 is 2.09. The molecule has 1 aliphatic rings. The molecule has 84 valence electrons. The maximum Gasteiger partial charge on any atom is 0.160 e. The molecule has 3 rings (SSSR count). The van der Waals surface area contributed by atoms with Crippen molar-refractivity contribution in [3.05, 3.63) is 30.2 Å². The van der Waals surface area contributed by atoms with Crippen LogP contribution in [0.2, 0.25) is 0 Å². The van der Waals surface area contributed by atoms with E-state index in [0.29, 0.717) is 0 Å². The SMILES string of the molecule is Nc1cccn2c(CN3CCCC3)cnc12. The fourth-order valence-corrected chi connectivity index (χ4v) is 2.37. The number of hydrogen-bond acceptors (Lipinski definition) is 3. The minimum absolute atomic E-state index is 0.746. The van der Waals surface area contributed by atoms with Crippen molar-refractivity contribution in [1.82, 2.24) is 14.3 Å². The molecule has 2 aromatic rings. The molecule has 0 aromatic carbocycles. The highest BCUT2D eigenvalue weighted by atomic mass is 15.2. The Morgan fingerprint density at radius 3 is 2.94 bits per heavy atom. The first-order valence-corrected chi connectivity index (χ1v) is 5.77. The Morgan fingerprint density at radius 1 is 1.31 bits per heavy atom. The molecule has 0 bridgehead atoms. The van der Waals surface area contributed by atoms with Crippen molar-refractivity contribution in [2.75, 3.05) is 18.8 Å². The Morgan fingerprint density at radius 2 is 2.12 bits per heavy atom. The second-order valence-corrected chi connectivity index (χ2v) is 4.39. The van der Waals surface area contributed by atoms with Crippen LogP contribution >= 0.6 is 0 Å². The summed E-state index contributed by atoms with van der Waals surface area (Å²) in [6, 6.07) is 3.86. The van der Waals surface area contributed by atoms with Crippen LogP contribution in [-0.2, 0) is 6.54 Å². The van der Waals surface area contributed by atoms with E-state index in [2.05, 4.69) is 14.3 Å². The van der Waals surface area contributed by atoms with E-state index in [-0.39, 0.29) is 0 Å². The molecule has 3 heterocycles. The number of nitrogens with zero attached hydrogens (tertiary/aromatic N) is 3. The van der Waals surface area contributed by atoms with Gasteiger partial charge >= 0.3 is 0 Å². The second kappa shape index (κ2) is 3.79. The molecule has 0 spiro atoms. The summed E-state index contributed by atoms with van der Waals surface area (Å²) in [5.74, 6) is 0. The zero-order valence-corrected chi connectivity index (χ0v) is 9.26. The number of rotatable bonds is 2. The summed E-state index contributed by atoms with van der Waals surface area (Å²) in [4.78, 5) is 6.84. The molecule has 4 heteroatoms. The molecule has 0 saturated carbocycles. The number of likely N-dealkylation sites (tertiary alicyclic amines) is 1. The van der Waals surface area contributed by atoms with Crippen LogP contribution in [0.4, 0.5) is 5.69 Å². The van der Waals surface area contributed by atoms with Crippen molar-refractivity contribution in [2.45, 2.75) is 19.4 Å². The minimum atomic E-state index is 0.746. The van der Waals surface area contributed by atoms with Crippen molar-refractivity contribution in [3.63, 3.8) is 0 Å². The largest absolute Gasteiger partial charge is 0.396 e. The van der Waals surface area contributed by atoms with Gasteiger partial charge in [-0.15, -0.1) is 0 Å². The minimum Gasteiger partial charge on any atom is -0.396 e. The summed E-state index contributed by atoms with van der Waals surface area (Å²) in [5.41, 5.74) is 8.72. The van der Waals surface area contributed by atoms with Gasteiger partial charge in [-0.05, 0) is 38.1 Å². The predicted octanol–water partition coefficient (Wildman–Crippen LogP) is 1.51. The Hall–Kier alpha value is -1.55. The first-order chi connectivity index (χ1) is 7.84. The average Bonchev–Trinajstić information content (AvgIpc) is 2.90. The Balaban J connectivity index is 1.94. The van der Waals surface area contributed by atoms with Crippen LogP contribution in [0.3, 0.4) is 0 Å². The zero-order chi connectivity index (χ0) is 11.0. The first kappa shape index (κ1) is 9.66. The highest BCUT2D eigenvalue weighted by Gasteiger charge is 2.14. The second-order valence-electron chi connectivity index (χ2n) is 4.39. The molecule has 2 N–H and O–H groups in total. The van der Waals surface area contributed by atoms with Crippen molar-refractivity contribution >= 4 is 11.3 Å². The van der Waals surface area contributed by atoms with Gasteiger partial charge in [0.25, 0.3) is 0 Å². The lowest BCUT2D eigenvalue weighted by molar-refractivity contribution is 0.326. The number of anilines is 1. The van der Waals surface area contributed by atoms with Gasteiger partial charge < -0.3 is 10.1 Å². The molecule has 16 heavy (non-hydrogen) atoms. The predicted molar refractivity (Wildman–Crippen MR) is 64.1 cm³/mol. The Labute approximate surface area is 94.7 Å². The van der Waals surface area contributed by atoms with Crippen LogP contribution in [0, 0.1) is 0 Å². The van der Waals surface area contributed by atoms with Crippen LogP contribution < -0.4 is 5.73 Å². The lowest BCUT2D eigenvalue weighted by atomic mass is 10.4. The number of nitrogens with two attached hydrogens (primary N) is 1. The van der Waals surface area contributed by atoms with Gasteiger partial charge in [0, 0.05) is 12.7 Å². The van der Waals surface area contributed by atoms with Gasteiger partial charge in [-0.25, -0.2) is 4.98 Å². The van der Waals surface area contributed by atoms with Gasteiger partial charge in [-0.2, -0.15) is 0 Å². The lowest BCUT2D eigenvalue weighted by Crippen LogP contribution is -2.19. The van der Waals surface area contributed by atoms with Gasteiger partial charge in [0.2, 0.25) is 0 Å². The third-order valence-corrected chi connectivity index (χ3v) is 3.23. The summed E-state index contributed by atoms with van der Waals surface area (Å²) in [6.07, 6.45) is 6.60. The molecule has 1 aliphatic heterocycles. The molecule has 0 unspecified atom stereocenters. The van der Waals surface area contributed by atoms with E-state index < -0.39 is 0 Å². The molecule has 0 amide bonds. The van der Waals surface area contributed by atoms with E-state index in [0.717, 1.165) is 17.9 Å². The van der Waals surface area contributed by atoms with E-state index in [1.165, 1.54) is 31.6 Å². The highest BCUT2D eigenvalue weighted by Crippen LogP contribution is 2.17. The van der Waals surface area contributed by atoms with Gasteiger partial charge in [0.15, 0.2) is 5.65 Å². The van der Waals surface area contributed by atoms with Crippen molar-refractivity contribution in [1.29, 1.82) is 0 Å². The average molecular weight is 216 g/mol. The number of nitrogen functional groups attached to an aromatic ring is 1. The fourth-order valence-electron chi connectivity index (χ4n) is 2.37. The number of pyridine rings is 1. The Kier molecular flexibility index (Phi) is 2.29. The van der Waals surface area contributed by atoms with E-state index in [1.54, 1.807) is 0 Å². The molecule has 4 nitrogen and oxygen atoms in total. The number of imidazole rings is 1. The van der Waals surface area contributed by atoms with Crippen LogP contribution in [0.25, 0.3) is 5.65 Å². The third-order valence-electron chi connectivity index (χ3n) is 3.23. The van der Waals surface area contributed by atoms with Gasteiger partial charge in [0.05, 0.1) is 17.6 Å². The van der Waals surface area contributed by atoms with Crippen LogP contribution in [0.1, 0.15) is 18.5 Å². The molecule has 0 atom stereocenters. The van der Waals surface area contributed by atoms with Gasteiger partial charge in [-0.3, -0.25) is 4.90 Å². The molecular weight excluding hydrogens is 200 g/mol. The summed E-state index contributed by atoms with van der Waals surface area (Å²) in [5, 5.41) is 0. The summed E-state index contributed by atoms with van der Waals surface area (Å²) >= 11 is 0. The van der Waals surface area contributed by atoms with Crippen molar-refractivity contribution in [3.8, 4) is 0 Å². The topological polar surface area (TPSA) is 46.6 Å². The van der Waals surface area contributed by atoms with Gasteiger partial charge in [0.1, 0.15) is 0 Å². The van der Waals surface area contributed by atoms with Crippen LogP contribution in [-0.4, -0.2) is 27.4 Å². The maximum atomic E-state index is 5.88. The van der Waals surface area contributed by atoms with E-state index in [9.17, 15) is 0 Å². The third kappa shape index (κ3) is 1.55. The molecule has 0 radical (unpaired) electrons. The number of hydrogen-bond donors (Lipinski definition) is 1. The Bertz CT molecular complexity index is 497. The molecule has 1 saturated heterocycles. The zero-order valence-electron chi connectivity index (χ0n) is 9.26. The number of aromatic nitrogens is 2. The van der Waals surface area contributed by atoms with Crippen molar-refractivity contribution < 1.29 is 0 Å². The van der Waals surface area contributed by atoms with E-state index in [1.807, 2.05) is 24.5 Å². The van der Waals surface area contributed by atoms with Crippen molar-refractivity contribution in [2.24, 2.45) is 0 Å². The van der Waals surface area contributed by atoms with Crippen LogP contribution in [0.5, 0.6) is 0 Å². The smallest absolute Gasteiger partial charge is 0.160 e. The number of fused-ring (bicyclic) bond motifs is 1. The normalized spacial score (nSPS) is 17.2. The standard InChI is InChI=1S/C12H16N4/c13-11-4-3-7-16-10(8-14-12(11)16)9-15-5-1-2-6-15/h3-4,7-8H,1-2,5-6,9,13H2. The summed E-state index contributed by atoms with van der Waals surface area (Å²) in [6.45, 7) is 3.38. The fraction of sp³-hybridized carbons (Fsp3) is 0.417. The highest BCUT2D eigenvalue weighted by molar-refractivity contribution is 5.64. The quantitative estimate of drug-likeness (QED) is 0.827. The first-order valence-electron chi connectivity index (χ1n) is 5.77. The van der Waals surface area contributed by atoms with Crippen LogP contribution in [0.15, 0.2) is 24.5 Å². The molecule has 1 fully saturated rings. The molecular formula is C12H16N4. The monoisotopic (exact) mass is 216 g/mol. The lowest BCUT2D eigenvalue weighted by Gasteiger charge is -2.13.